The van der Waals surface area contributed by atoms with E-state index < -0.39 is 191 Å². The van der Waals surface area contributed by atoms with Gasteiger partial charge in [0.2, 0.25) is 0 Å². The topological polar surface area (TPSA) is 35.9 Å². The first-order valence-corrected chi connectivity index (χ1v) is 26.4. The predicted octanol–water partition coefficient (Wildman–Crippen LogP) is 14.1. The third kappa shape index (κ3) is 7.92. The average Bonchev–Trinajstić information content (AvgIpc) is 1.61. The van der Waals surface area contributed by atoms with Gasteiger partial charge in [0.05, 0.1) is 30.2 Å². The number of hydrogen-bond donors (Lipinski definition) is 0. The Morgan fingerprint density at radius 2 is 1.19 bits per heavy atom. The molecule has 10 aromatic carbocycles. The molecule has 3 aromatic heterocycles. The Bertz CT molecular complexity index is 5650. The molecule has 0 radical (unpaired) electrons. The third-order valence-corrected chi connectivity index (χ3v) is 17.9. The number of aryl methyl sites for hydroxylation is 1. The molecule has 4 heterocycles. The maximum Gasteiger partial charge on any atom is 0.253 e. The van der Waals surface area contributed by atoms with Gasteiger partial charge in [-0.3, -0.25) is 0 Å². The monoisotopic (exact) mass is 1230 g/mol. The molecular formula is C71H53N4OPtSi-. The second kappa shape index (κ2) is 19.4. The van der Waals surface area contributed by atoms with Gasteiger partial charge in [-0.05, 0) is 96.5 Å². The summed E-state index contributed by atoms with van der Waals surface area (Å²) in [7, 11) is -6.38. The molecule has 0 amide bonds. The minimum absolute atomic E-state index is 0. The van der Waals surface area contributed by atoms with E-state index >= 15 is 0 Å². The number of aromatic nitrogens is 4. The number of ether oxygens (including phenoxy) is 1. The number of hydrogen-bond acceptors (Lipinski definition) is 2. The Morgan fingerprint density at radius 3 is 1.91 bits per heavy atom. The van der Waals surface area contributed by atoms with Crippen LogP contribution in [0.3, 0.4) is 0 Å². The summed E-state index contributed by atoms with van der Waals surface area (Å²) >= 11 is 0. The van der Waals surface area contributed by atoms with Crippen LogP contribution in [0.5, 0.6) is 11.5 Å². The van der Waals surface area contributed by atoms with Crippen molar-refractivity contribution in [2.45, 2.75) is 33.0 Å². The first-order chi connectivity index (χ1) is 48.1. The van der Waals surface area contributed by atoms with E-state index in [-0.39, 0.29) is 66.0 Å². The van der Waals surface area contributed by atoms with Gasteiger partial charge >= 0.3 is 0 Å². The molecule has 14 rings (SSSR count). The second-order valence-electron chi connectivity index (χ2n) is 19.3. The SMILES string of the molecule is [2H]c1c([2H])c([2H])c([Si](c2c([2H])c([2H])c([2H])c([2H])c2[2H])(c2c([2H])c([2H])c([2H])c([2H])c2[2H])c2c([2H])c([2H])c3c(c2[2H])-c2cccc(C(C)(C)C)c2-[n+]2cn(-c4[c-]c(Oc5[c-]c6c(cc5)c5ccccc5n6-c5cc(C([2H])([2H])[2H])ccn5)ccc4)c4cccc(c42)-c2c([2H])c([2H])c([2H])c([2H])c2-3)c([2H])c1[2H].[Pt]. The summed E-state index contributed by atoms with van der Waals surface area (Å²) in [5.41, 5.74) is 0.499. The van der Waals surface area contributed by atoms with E-state index in [4.69, 9.17) is 13.0 Å². The van der Waals surface area contributed by atoms with E-state index in [2.05, 4.69) is 17.1 Å². The van der Waals surface area contributed by atoms with E-state index in [0.717, 1.165) is 16.3 Å². The largest absolute Gasteiger partial charge is 0.509 e. The molecule has 0 bridgehead atoms. The summed E-state index contributed by atoms with van der Waals surface area (Å²) in [6, 6.07) is 13.0. The standard InChI is InChI=1S/C71H53N4OSi.Pt/c1-48-41-42-72-68(43-48)75-65-35-17-16-31-59(65)60-39-37-51(45-67(60)75)76-50-22-18-21-49(44-50)73-47-74-69-62(32-19-34-64(69)71(2,3)4)63-46-55(38-40-58(63)56-29-14-15-30-57(56)61-33-20-36-66(73)70(61)74)77(52-23-8-5-9-24-52,53-25-10-6-11-26-53)54-27-12-7-13-28-54;/h5-43,46-47H,1-4H3;/q-1;/i1D3,5D,6D,7D,8D,9D,10D,11D,12D,13D,14D,15D,23D,24D,25D,26D,27D,28D,29D,30D,38D,40D,46D;. The molecule has 0 saturated heterocycles. The van der Waals surface area contributed by atoms with Crippen molar-refractivity contribution in [1.82, 2.24) is 14.1 Å². The Morgan fingerprint density at radius 1 is 0.564 bits per heavy atom. The van der Waals surface area contributed by atoms with Crippen LogP contribution in [0.4, 0.5) is 0 Å². The van der Waals surface area contributed by atoms with E-state index in [1.165, 1.54) is 24.4 Å². The fourth-order valence-corrected chi connectivity index (χ4v) is 14.2. The van der Waals surface area contributed by atoms with Gasteiger partial charge < -0.3 is 9.30 Å². The molecule has 0 fully saturated rings. The van der Waals surface area contributed by atoms with E-state index in [1.807, 2.05) is 51.1 Å². The molecular weight excluding hydrogens is 1150 g/mol. The number of fused-ring (bicyclic) bond motifs is 10. The van der Waals surface area contributed by atoms with Gasteiger partial charge in [-0.2, -0.15) is 16.7 Å². The number of benzene rings is 10. The fourth-order valence-electron chi connectivity index (χ4n) is 10.6. The molecule has 0 N–H and O–H groups in total. The zero-order chi connectivity index (χ0) is 73.5. The quantitative estimate of drug-likeness (QED) is 0.0658. The number of para-hydroxylation sites is 3. The normalized spacial score (nSPS) is 16.7. The van der Waals surface area contributed by atoms with Crippen molar-refractivity contribution in [1.29, 1.82) is 0 Å². The summed E-state index contributed by atoms with van der Waals surface area (Å²) < 4.78 is 248. The smallest absolute Gasteiger partial charge is 0.253 e. The summed E-state index contributed by atoms with van der Waals surface area (Å²) in [6.07, 6.45) is 3.10. The van der Waals surface area contributed by atoms with Gasteiger partial charge in [0, 0.05) is 70.8 Å². The van der Waals surface area contributed by atoms with Gasteiger partial charge in [-0.15, -0.1) is 29.7 Å². The van der Waals surface area contributed by atoms with Gasteiger partial charge in [0.15, 0.2) is 19.1 Å². The molecule has 0 aliphatic carbocycles. The summed E-state index contributed by atoms with van der Waals surface area (Å²) in [5.74, 6) is 0.727. The van der Waals surface area contributed by atoms with Crippen LogP contribution in [0.2, 0.25) is 0 Å². The first kappa shape index (κ1) is 28.6. The van der Waals surface area contributed by atoms with Crippen molar-refractivity contribution < 1.29 is 64.6 Å². The Balaban J connectivity index is 0.00000945. The third-order valence-electron chi connectivity index (χ3n) is 13.9. The van der Waals surface area contributed by atoms with Gasteiger partial charge in [0.1, 0.15) is 11.5 Å². The first-order valence-electron chi connectivity index (χ1n) is 36.9. The minimum Gasteiger partial charge on any atom is -0.509 e. The van der Waals surface area contributed by atoms with Crippen LogP contribution in [0, 0.1) is 19.0 Å². The molecule has 1 aliphatic rings. The Hall–Kier alpha value is -8.67. The zero-order valence-corrected chi connectivity index (χ0v) is 44.8. The van der Waals surface area contributed by atoms with Crippen molar-refractivity contribution in [3.63, 3.8) is 0 Å². The molecule has 78 heavy (non-hydrogen) atoms. The second-order valence-corrected chi connectivity index (χ2v) is 22.8. The van der Waals surface area contributed by atoms with Crippen LogP contribution in [0.1, 0.15) is 66.2 Å². The van der Waals surface area contributed by atoms with Crippen LogP contribution in [0.25, 0.3) is 83.4 Å². The van der Waals surface area contributed by atoms with Crippen molar-refractivity contribution in [3.05, 3.63) is 272 Å². The van der Waals surface area contributed by atoms with E-state index in [0.29, 0.717) is 28.1 Å². The minimum atomic E-state index is -6.38. The molecule has 0 spiro atoms. The number of imidazole rings is 1. The maximum atomic E-state index is 11.2. The van der Waals surface area contributed by atoms with Crippen molar-refractivity contribution in [3.8, 4) is 62.1 Å². The number of rotatable bonds is 8. The summed E-state index contributed by atoms with van der Waals surface area (Å²) in [4.78, 5) is 4.58. The molecule has 0 atom stereocenters. The molecule has 378 valence electrons. The molecule has 7 heteroatoms. The fraction of sp³-hybridized carbons (Fsp3) is 0.0704. The summed E-state index contributed by atoms with van der Waals surface area (Å²) in [5, 5.41) is -2.39. The van der Waals surface area contributed by atoms with Crippen LogP contribution in [-0.4, -0.2) is 22.2 Å². The van der Waals surface area contributed by atoms with E-state index in [9.17, 15) is 26.0 Å². The Kier molecular flexibility index (Phi) is 7.12. The van der Waals surface area contributed by atoms with Crippen molar-refractivity contribution >= 4 is 61.7 Å². The number of pyridine rings is 1. The number of nitrogens with zero attached hydrogens (tertiary/aromatic N) is 4. The van der Waals surface area contributed by atoms with Crippen LogP contribution < -0.4 is 30.1 Å². The van der Waals surface area contributed by atoms with Gasteiger partial charge in [-0.1, -0.05) is 208 Å². The molecule has 5 nitrogen and oxygen atoms in total. The van der Waals surface area contributed by atoms with Crippen molar-refractivity contribution in [2.24, 2.45) is 0 Å². The maximum absolute atomic E-state index is 11.2. The predicted molar refractivity (Wildman–Crippen MR) is 318 cm³/mol. The molecule has 1 aliphatic heterocycles. The molecule has 13 aromatic rings. The molecule has 0 unspecified atom stereocenters. The molecule has 0 saturated carbocycles. The summed E-state index contributed by atoms with van der Waals surface area (Å²) in [6.45, 7) is 3.20. The van der Waals surface area contributed by atoms with Crippen LogP contribution >= 0.6 is 0 Å². The Labute approximate surface area is 505 Å². The zero-order valence-electron chi connectivity index (χ0n) is 66.5. The van der Waals surface area contributed by atoms with Gasteiger partial charge in [-0.25, -0.2) is 9.55 Å². The van der Waals surface area contributed by atoms with Gasteiger partial charge in [0.25, 0.3) is 6.33 Å². The van der Waals surface area contributed by atoms with Crippen molar-refractivity contribution in [2.75, 3.05) is 0 Å². The van der Waals surface area contributed by atoms with Crippen LogP contribution in [-0.2, 0) is 26.5 Å². The van der Waals surface area contributed by atoms with Crippen LogP contribution in [0.15, 0.2) is 249 Å². The van der Waals surface area contributed by atoms with E-state index in [1.54, 1.807) is 74.6 Å². The average molecular weight is 1230 g/mol.